The zero-order valence-corrected chi connectivity index (χ0v) is 25.9. The highest BCUT2D eigenvalue weighted by Crippen LogP contribution is 2.19. The van der Waals surface area contributed by atoms with Gasteiger partial charge >= 0.3 is 5.97 Å². The number of carboxylic acid groups (broad SMARTS) is 1. The van der Waals surface area contributed by atoms with Crippen LogP contribution in [-0.4, -0.2) is 63.1 Å². The van der Waals surface area contributed by atoms with Crippen molar-refractivity contribution in [3.63, 3.8) is 0 Å². The fraction of sp³-hybridized carbons (Fsp3) is 0.314. The molecule has 3 amide bonds. The Morgan fingerprint density at radius 2 is 1.28 bits per heavy atom. The lowest BCUT2D eigenvalue weighted by molar-refractivity contribution is -0.142. The molecule has 0 radical (unpaired) electrons. The van der Waals surface area contributed by atoms with Crippen LogP contribution in [0.2, 0.25) is 0 Å². The average molecular weight is 628 g/mol. The molecule has 0 spiro atoms. The summed E-state index contributed by atoms with van der Waals surface area (Å²) in [5.41, 5.74) is 9.47. The molecule has 242 valence electrons. The predicted octanol–water partition coefficient (Wildman–Crippen LogP) is 2.81. The number of para-hydroxylation sites is 1. The normalized spacial score (nSPS) is 13.8. The number of rotatable bonds is 15. The molecule has 0 saturated heterocycles. The Hall–Kier alpha value is -5.16. The molecule has 4 aromatic rings. The zero-order chi connectivity index (χ0) is 33.2. The van der Waals surface area contributed by atoms with Gasteiger partial charge < -0.3 is 36.9 Å². The van der Waals surface area contributed by atoms with Crippen LogP contribution in [0.5, 0.6) is 5.75 Å². The summed E-state index contributed by atoms with van der Waals surface area (Å²) in [4.78, 5) is 55.7. The van der Waals surface area contributed by atoms with E-state index in [-0.39, 0.29) is 37.4 Å². The van der Waals surface area contributed by atoms with Crippen LogP contribution in [0.4, 0.5) is 0 Å². The van der Waals surface area contributed by atoms with Gasteiger partial charge in [-0.15, -0.1) is 0 Å². The van der Waals surface area contributed by atoms with Gasteiger partial charge in [0.05, 0.1) is 6.04 Å². The Balaban J connectivity index is 1.50. The van der Waals surface area contributed by atoms with Crippen LogP contribution in [0.1, 0.15) is 37.0 Å². The third kappa shape index (κ3) is 9.42. The summed E-state index contributed by atoms with van der Waals surface area (Å²) in [5.74, 6) is -3.00. The number of aromatic hydroxyl groups is 1. The van der Waals surface area contributed by atoms with Crippen molar-refractivity contribution in [3.05, 3.63) is 102 Å². The third-order valence-electron chi connectivity index (χ3n) is 7.70. The van der Waals surface area contributed by atoms with E-state index in [0.29, 0.717) is 5.56 Å². The van der Waals surface area contributed by atoms with Crippen LogP contribution in [0.25, 0.3) is 10.9 Å². The van der Waals surface area contributed by atoms with E-state index in [9.17, 15) is 29.4 Å². The van der Waals surface area contributed by atoms with Crippen LogP contribution in [0.15, 0.2) is 85.1 Å². The summed E-state index contributed by atoms with van der Waals surface area (Å²) < 4.78 is 0. The summed E-state index contributed by atoms with van der Waals surface area (Å²) in [6.45, 7) is 3.76. The second kappa shape index (κ2) is 15.7. The smallest absolute Gasteiger partial charge is 0.326 e. The van der Waals surface area contributed by atoms with Gasteiger partial charge in [-0.3, -0.25) is 14.4 Å². The highest BCUT2D eigenvalue weighted by molar-refractivity contribution is 5.94. The van der Waals surface area contributed by atoms with Gasteiger partial charge in [0.2, 0.25) is 17.7 Å². The Morgan fingerprint density at radius 1 is 0.717 bits per heavy atom. The van der Waals surface area contributed by atoms with E-state index >= 15 is 0 Å². The number of benzene rings is 3. The number of carbonyl (C=O) groups is 4. The minimum absolute atomic E-state index is 0.0248. The third-order valence-corrected chi connectivity index (χ3v) is 7.70. The molecule has 11 nitrogen and oxygen atoms in total. The first-order valence-corrected chi connectivity index (χ1v) is 15.3. The zero-order valence-electron chi connectivity index (χ0n) is 25.9. The number of phenols is 1. The van der Waals surface area contributed by atoms with Crippen molar-refractivity contribution < 1.29 is 29.4 Å². The number of carbonyl (C=O) groups excluding carboxylic acids is 3. The summed E-state index contributed by atoms with van der Waals surface area (Å²) in [5, 5.41) is 28.6. The van der Waals surface area contributed by atoms with E-state index in [2.05, 4.69) is 20.9 Å². The molecule has 0 saturated carbocycles. The SMILES string of the molecule is CC(C)CC(NC(=O)C(Cc1ccc(O)cc1)NC(=O)C(N)Cc1c[nH]c2ccccc12)C(=O)NC(Cc1ccccc1)C(=O)O. The fourth-order valence-corrected chi connectivity index (χ4v) is 5.28. The second-order valence-electron chi connectivity index (χ2n) is 11.9. The van der Waals surface area contributed by atoms with Crippen LogP contribution >= 0.6 is 0 Å². The highest BCUT2D eigenvalue weighted by Gasteiger charge is 2.31. The van der Waals surface area contributed by atoms with E-state index < -0.39 is 47.9 Å². The molecule has 0 aliphatic heterocycles. The maximum Gasteiger partial charge on any atom is 0.326 e. The number of amides is 3. The number of hydrogen-bond acceptors (Lipinski definition) is 6. The molecule has 46 heavy (non-hydrogen) atoms. The van der Waals surface area contributed by atoms with Gasteiger partial charge in [0.1, 0.15) is 23.9 Å². The summed E-state index contributed by atoms with van der Waals surface area (Å²) in [6.07, 6.45) is 2.38. The summed E-state index contributed by atoms with van der Waals surface area (Å²) in [6, 6.07) is 18.4. The molecule has 11 heteroatoms. The van der Waals surface area contributed by atoms with Crippen molar-refractivity contribution in [1.82, 2.24) is 20.9 Å². The number of nitrogens with one attached hydrogen (secondary N) is 4. The van der Waals surface area contributed by atoms with Crippen molar-refractivity contribution in [3.8, 4) is 5.75 Å². The van der Waals surface area contributed by atoms with E-state index in [0.717, 1.165) is 22.0 Å². The van der Waals surface area contributed by atoms with Gasteiger partial charge in [-0.25, -0.2) is 4.79 Å². The van der Waals surface area contributed by atoms with Gasteiger partial charge in [0.25, 0.3) is 0 Å². The largest absolute Gasteiger partial charge is 0.508 e. The average Bonchev–Trinajstić information content (AvgIpc) is 3.43. The molecule has 0 aliphatic rings. The van der Waals surface area contributed by atoms with Crippen molar-refractivity contribution in [2.24, 2.45) is 11.7 Å². The predicted molar refractivity (Wildman–Crippen MR) is 175 cm³/mol. The number of aromatic nitrogens is 1. The molecule has 0 fully saturated rings. The van der Waals surface area contributed by atoms with Gasteiger partial charge in [0, 0.05) is 29.9 Å². The molecule has 8 N–H and O–H groups in total. The maximum atomic E-state index is 13.8. The minimum Gasteiger partial charge on any atom is -0.508 e. The molecule has 3 aromatic carbocycles. The monoisotopic (exact) mass is 627 g/mol. The van der Waals surface area contributed by atoms with Crippen LogP contribution in [-0.2, 0) is 38.4 Å². The Morgan fingerprint density at radius 3 is 1.96 bits per heavy atom. The van der Waals surface area contributed by atoms with Crippen LogP contribution in [0, 0.1) is 5.92 Å². The van der Waals surface area contributed by atoms with Crippen molar-refractivity contribution in [2.45, 2.75) is 63.7 Å². The number of aliphatic carboxylic acids is 1. The highest BCUT2D eigenvalue weighted by atomic mass is 16.4. The molecule has 1 heterocycles. The molecule has 1 aromatic heterocycles. The Kier molecular flexibility index (Phi) is 11.5. The van der Waals surface area contributed by atoms with Crippen molar-refractivity contribution in [2.75, 3.05) is 0 Å². The topological polar surface area (TPSA) is 187 Å². The molecular formula is C35H41N5O6. The number of carboxylic acids is 1. The number of hydrogen-bond donors (Lipinski definition) is 7. The lowest BCUT2D eigenvalue weighted by Gasteiger charge is -2.26. The molecule has 4 unspecified atom stereocenters. The van der Waals surface area contributed by atoms with Gasteiger partial charge in [-0.05, 0) is 53.6 Å². The first-order chi connectivity index (χ1) is 22.0. The first kappa shape index (κ1) is 33.7. The van der Waals surface area contributed by atoms with Crippen molar-refractivity contribution >= 4 is 34.6 Å². The number of nitrogens with two attached hydrogens (primary N) is 1. The Labute approximate surface area is 267 Å². The van der Waals surface area contributed by atoms with E-state index in [1.807, 2.05) is 44.2 Å². The quantitative estimate of drug-likeness (QED) is 0.106. The summed E-state index contributed by atoms with van der Waals surface area (Å²) >= 11 is 0. The Bertz CT molecular complexity index is 1640. The standard InChI is InChI=1S/C35H41N5O6/c1-21(2)16-29(33(43)40-31(35(45)46)18-22-8-4-3-5-9-22)39-34(44)30(17-23-12-14-25(41)15-13-23)38-32(42)27(36)19-24-20-37-28-11-7-6-10-26(24)28/h3-15,20-21,27,29-31,37,41H,16-19,36H2,1-2H3,(H,38,42)(H,39,44)(H,40,43)(H,45,46). The second-order valence-corrected chi connectivity index (χ2v) is 11.9. The fourth-order valence-electron chi connectivity index (χ4n) is 5.28. The van der Waals surface area contributed by atoms with E-state index in [4.69, 9.17) is 5.73 Å². The molecule has 4 rings (SSSR count). The molecule has 0 aliphatic carbocycles. The lowest BCUT2D eigenvalue weighted by atomic mass is 9.99. The van der Waals surface area contributed by atoms with Crippen LogP contribution in [0.3, 0.4) is 0 Å². The van der Waals surface area contributed by atoms with Crippen molar-refractivity contribution in [1.29, 1.82) is 0 Å². The first-order valence-electron chi connectivity index (χ1n) is 15.3. The molecule has 0 bridgehead atoms. The molecular weight excluding hydrogens is 586 g/mol. The van der Waals surface area contributed by atoms with E-state index in [1.54, 1.807) is 42.6 Å². The molecule has 4 atom stereocenters. The maximum absolute atomic E-state index is 13.8. The summed E-state index contributed by atoms with van der Waals surface area (Å²) in [7, 11) is 0. The van der Waals surface area contributed by atoms with Crippen LogP contribution < -0.4 is 21.7 Å². The number of H-pyrrole nitrogens is 1. The van der Waals surface area contributed by atoms with Gasteiger partial charge in [0.15, 0.2) is 0 Å². The van der Waals surface area contributed by atoms with E-state index in [1.165, 1.54) is 12.1 Å². The van der Waals surface area contributed by atoms with Gasteiger partial charge in [-0.1, -0.05) is 74.5 Å². The van der Waals surface area contributed by atoms with Gasteiger partial charge in [-0.2, -0.15) is 0 Å². The number of phenolic OH excluding ortho intramolecular Hbond substituents is 1. The number of aromatic amines is 1. The number of fused-ring (bicyclic) bond motifs is 1. The minimum atomic E-state index is -1.21. The lowest BCUT2D eigenvalue weighted by Crippen LogP contribution is -2.58.